The van der Waals surface area contributed by atoms with Crippen molar-refractivity contribution in [2.75, 3.05) is 11.9 Å². The quantitative estimate of drug-likeness (QED) is 0.877. The van der Waals surface area contributed by atoms with E-state index in [2.05, 4.69) is 10.3 Å². The van der Waals surface area contributed by atoms with E-state index >= 15 is 0 Å². The summed E-state index contributed by atoms with van der Waals surface area (Å²) in [5.41, 5.74) is 0.887. The fourth-order valence-electron chi connectivity index (χ4n) is 1.60. The molecule has 1 aromatic carbocycles. The second-order valence-electron chi connectivity index (χ2n) is 4.32. The normalized spacial score (nSPS) is 10.0. The van der Waals surface area contributed by atoms with Crippen molar-refractivity contribution < 1.29 is 18.7 Å². The molecule has 0 fully saturated rings. The standard InChI is InChI=1S/C15H13FN2O3/c1-10-5-6-12(11(16)8-10)18-14(19)9-21-15(20)13-4-2-3-7-17-13/h2-8H,9H2,1H3,(H,18,19). The van der Waals surface area contributed by atoms with Gasteiger partial charge >= 0.3 is 5.97 Å². The second-order valence-corrected chi connectivity index (χ2v) is 4.32. The number of carbonyl (C=O) groups is 2. The Balaban J connectivity index is 1.89. The molecule has 0 aliphatic heterocycles. The van der Waals surface area contributed by atoms with Gasteiger partial charge in [0.05, 0.1) is 5.69 Å². The van der Waals surface area contributed by atoms with Crippen molar-refractivity contribution in [3.63, 3.8) is 0 Å². The first-order valence-electron chi connectivity index (χ1n) is 6.20. The highest BCUT2D eigenvalue weighted by Crippen LogP contribution is 2.15. The summed E-state index contributed by atoms with van der Waals surface area (Å²) in [7, 11) is 0. The Morgan fingerprint density at radius 1 is 1.29 bits per heavy atom. The lowest BCUT2D eigenvalue weighted by atomic mass is 10.2. The number of aromatic nitrogens is 1. The highest BCUT2D eigenvalue weighted by Gasteiger charge is 2.12. The van der Waals surface area contributed by atoms with Gasteiger partial charge in [-0.15, -0.1) is 0 Å². The summed E-state index contributed by atoms with van der Waals surface area (Å²) in [6, 6.07) is 9.17. The highest BCUT2D eigenvalue weighted by molar-refractivity contribution is 5.94. The monoisotopic (exact) mass is 288 g/mol. The van der Waals surface area contributed by atoms with Gasteiger partial charge in [0, 0.05) is 6.20 Å². The van der Waals surface area contributed by atoms with Crippen LogP contribution in [0.5, 0.6) is 0 Å². The average molecular weight is 288 g/mol. The van der Waals surface area contributed by atoms with Crippen LogP contribution in [0.2, 0.25) is 0 Å². The molecule has 2 aromatic rings. The lowest BCUT2D eigenvalue weighted by molar-refractivity contribution is -0.119. The predicted octanol–water partition coefficient (Wildman–Crippen LogP) is 2.32. The summed E-state index contributed by atoms with van der Waals surface area (Å²) in [5, 5.41) is 2.33. The number of pyridine rings is 1. The van der Waals surface area contributed by atoms with Crippen LogP contribution in [0.15, 0.2) is 42.6 Å². The van der Waals surface area contributed by atoms with Crippen molar-refractivity contribution in [2.24, 2.45) is 0 Å². The van der Waals surface area contributed by atoms with Gasteiger partial charge in [0.15, 0.2) is 6.61 Å². The summed E-state index contributed by atoms with van der Waals surface area (Å²) in [5.74, 6) is -1.88. The van der Waals surface area contributed by atoms with Crippen LogP contribution in [0.25, 0.3) is 0 Å². The summed E-state index contributed by atoms with van der Waals surface area (Å²) < 4.78 is 18.3. The molecule has 0 saturated carbocycles. The summed E-state index contributed by atoms with van der Waals surface area (Å²) in [4.78, 5) is 27.0. The summed E-state index contributed by atoms with van der Waals surface area (Å²) >= 11 is 0. The minimum Gasteiger partial charge on any atom is -0.451 e. The molecule has 21 heavy (non-hydrogen) atoms. The van der Waals surface area contributed by atoms with Crippen molar-refractivity contribution in [2.45, 2.75) is 6.92 Å². The van der Waals surface area contributed by atoms with E-state index in [4.69, 9.17) is 4.74 Å². The number of hydrogen-bond donors (Lipinski definition) is 1. The van der Waals surface area contributed by atoms with Crippen LogP contribution >= 0.6 is 0 Å². The van der Waals surface area contributed by atoms with E-state index in [0.717, 1.165) is 5.56 Å². The van der Waals surface area contributed by atoms with Gasteiger partial charge in [-0.1, -0.05) is 12.1 Å². The number of esters is 1. The van der Waals surface area contributed by atoms with E-state index in [1.807, 2.05) is 0 Å². The fourth-order valence-corrected chi connectivity index (χ4v) is 1.60. The number of nitrogens with zero attached hydrogens (tertiary/aromatic N) is 1. The fraction of sp³-hybridized carbons (Fsp3) is 0.133. The minimum absolute atomic E-state index is 0.0412. The molecule has 6 heteroatoms. The van der Waals surface area contributed by atoms with Crippen molar-refractivity contribution in [1.29, 1.82) is 0 Å². The van der Waals surface area contributed by atoms with E-state index in [0.29, 0.717) is 0 Å². The Morgan fingerprint density at radius 2 is 2.10 bits per heavy atom. The smallest absolute Gasteiger partial charge is 0.357 e. The molecule has 1 aromatic heterocycles. The van der Waals surface area contributed by atoms with Gasteiger partial charge in [-0.2, -0.15) is 0 Å². The highest BCUT2D eigenvalue weighted by atomic mass is 19.1. The van der Waals surface area contributed by atoms with Crippen molar-refractivity contribution in [1.82, 2.24) is 4.98 Å². The predicted molar refractivity (Wildman–Crippen MR) is 74.3 cm³/mol. The number of amides is 1. The lowest BCUT2D eigenvalue weighted by Gasteiger charge is -2.07. The van der Waals surface area contributed by atoms with Crippen LogP contribution < -0.4 is 5.32 Å². The molecule has 108 valence electrons. The number of anilines is 1. The third kappa shape index (κ3) is 4.10. The maximum Gasteiger partial charge on any atom is 0.357 e. The molecule has 0 radical (unpaired) electrons. The summed E-state index contributed by atoms with van der Waals surface area (Å²) in [6.45, 7) is 1.23. The first kappa shape index (κ1) is 14.6. The largest absolute Gasteiger partial charge is 0.451 e. The van der Waals surface area contributed by atoms with Crippen molar-refractivity contribution >= 4 is 17.6 Å². The van der Waals surface area contributed by atoms with E-state index in [1.165, 1.54) is 24.4 Å². The first-order valence-corrected chi connectivity index (χ1v) is 6.20. The number of ether oxygens (including phenoxy) is 1. The van der Waals surface area contributed by atoms with Gasteiger partial charge in [-0.25, -0.2) is 14.2 Å². The molecule has 1 N–H and O–H groups in total. The molecule has 0 spiro atoms. The number of carbonyl (C=O) groups excluding carboxylic acids is 2. The Hall–Kier alpha value is -2.76. The molecule has 5 nitrogen and oxygen atoms in total. The number of halogens is 1. The second kappa shape index (κ2) is 6.60. The Kier molecular flexibility index (Phi) is 4.61. The molecule has 0 bridgehead atoms. The zero-order valence-corrected chi connectivity index (χ0v) is 11.3. The number of rotatable bonds is 4. The van der Waals surface area contributed by atoms with Gasteiger partial charge < -0.3 is 10.1 Å². The van der Waals surface area contributed by atoms with E-state index in [9.17, 15) is 14.0 Å². The number of aryl methyl sites for hydroxylation is 1. The molecule has 0 aliphatic carbocycles. The minimum atomic E-state index is -0.713. The third-order valence-electron chi connectivity index (χ3n) is 2.61. The van der Waals surface area contributed by atoms with E-state index in [1.54, 1.807) is 25.1 Å². The number of hydrogen-bond acceptors (Lipinski definition) is 4. The number of benzene rings is 1. The average Bonchev–Trinajstić information content (AvgIpc) is 2.48. The molecule has 0 unspecified atom stereocenters. The van der Waals surface area contributed by atoms with E-state index in [-0.39, 0.29) is 11.4 Å². The maximum atomic E-state index is 13.5. The Bertz CT molecular complexity index is 659. The van der Waals surface area contributed by atoms with Crippen LogP contribution in [-0.4, -0.2) is 23.5 Å². The van der Waals surface area contributed by atoms with Gasteiger partial charge in [-0.3, -0.25) is 4.79 Å². The van der Waals surface area contributed by atoms with Crippen LogP contribution in [0.3, 0.4) is 0 Å². The molecule has 0 atom stereocenters. The number of nitrogens with one attached hydrogen (secondary N) is 1. The SMILES string of the molecule is Cc1ccc(NC(=O)COC(=O)c2ccccn2)c(F)c1. The van der Waals surface area contributed by atoms with Crippen LogP contribution in [0.1, 0.15) is 16.1 Å². The first-order chi connectivity index (χ1) is 10.1. The zero-order chi connectivity index (χ0) is 15.2. The maximum absolute atomic E-state index is 13.5. The Morgan fingerprint density at radius 3 is 2.76 bits per heavy atom. The Labute approximate surface area is 120 Å². The van der Waals surface area contributed by atoms with Gasteiger partial charge in [0.1, 0.15) is 11.5 Å². The lowest BCUT2D eigenvalue weighted by Crippen LogP contribution is -2.21. The van der Waals surface area contributed by atoms with Crippen LogP contribution in [0, 0.1) is 12.7 Å². The molecular weight excluding hydrogens is 275 g/mol. The van der Waals surface area contributed by atoms with Gasteiger partial charge in [0.25, 0.3) is 5.91 Å². The van der Waals surface area contributed by atoms with E-state index < -0.39 is 24.3 Å². The molecule has 0 aliphatic rings. The molecule has 1 heterocycles. The van der Waals surface area contributed by atoms with Crippen molar-refractivity contribution in [3.8, 4) is 0 Å². The molecule has 2 rings (SSSR count). The van der Waals surface area contributed by atoms with Gasteiger partial charge in [0.2, 0.25) is 0 Å². The van der Waals surface area contributed by atoms with Crippen LogP contribution in [0.4, 0.5) is 10.1 Å². The summed E-state index contributed by atoms with van der Waals surface area (Å²) in [6.07, 6.45) is 1.44. The van der Waals surface area contributed by atoms with Gasteiger partial charge in [-0.05, 0) is 36.8 Å². The molecular formula is C15H13FN2O3. The van der Waals surface area contributed by atoms with Crippen molar-refractivity contribution in [3.05, 3.63) is 59.7 Å². The molecule has 1 amide bonds. The van der Waals surface area contributed by atoms with Crippen LogP contribution in [-0.2, 0) is 9.53 Å². The topological polar surface area (TPSA) is 68.3 Å². The molecule has 0 saturated heterocycles. The zero-order valence-electron chi connectivity index (χ0n) is 11.3. The third-order valence-corrected chi connectivity index (χ3v) is 2.61.